The monoisotopic (exact) mass is 345 g/mol. The second-order valence-corrected chi connectivity index (χ2v) is 7.03. The summed E-state index contributed by atoms with van der Waals surface area (Å²) in [5.41, 5.74) is -0.128. The molecule has 5 atom stereocenters. The summed E-state index contributed by atoms with van der Waals surface area (Å²) >= 11 is 0. The summed E-state index contributed by atoms with van der Waals surface area (Å²) in [6, 6.07) is 4.06. The third-order valence-electron chi connectivity index (χ3n) is 3.98. The number of benzene rings is 1. The number of hydrogen-bond donors (Lipinski definition) is 5. The van der Waals surface area contributed by atoms with Crippen LogP contribution in [0.1, 0.15) is 22.0 Å². The van der Waals surface area contributed by atoms with Gasteiger partial charge in [-0.15, -0.1) is 0 Å². The van der Waals surface area contributed by atoms with E-state index in [1.54, 1.807) is 0 Å². The molecule has 1 fully saturated rings. The van der Waals surface area contributed by atoms with Crippen molar-refractivity contribution in [2.24, 2.45) is 0 Å². The Balaban J connectivity index is 2.11. The predicted molar refractivity (Wildman–Crippen MR) is 73.8 cm³/mol. The van der Waals surface area contributed by atoms with Crippen LogP contribution in [0.15, 0.2) is 23.1 Å². The van der Waals surface area contributed by atoms with E-state index in [4.69, 9.17) is 4.74 Å². The summed E-state index contributed by atoms with van der Waals surface area (Å²) in [5, 5.41) is 38.9. The van der Waals surface area contributed by atoms with Crippen molar-refractivity contribution in [3.63, 3.8) is 0 Å². The molecule has 2 aliphatic rings. The van der Waals surface area contributed by atoms with Gasteiger partial charge >= 0.3 is 0 Å². The van der Waals surface area contributed by atoms with Crippen LogP contribution in [0.5, 0.6) is 0 Å². The Morgan fingerprint density at radius 1 is 1.13 bits per heavy atom. The summed E-state index contributed by atoms with van der Waals surface area (Å²) in [7, 11) is -4.11. The van der Waals surface area contributed by atoms with E-state index in [0.29, 0.717) is 0 Å². The molecule has 126 valence electrons. The van der Waals surface area contributed by atoms with Gasteiger partial charge in [-0.05, 0) is 6.07 Å². The molecule has 0 saturated carbocycles. The van der Waals surface area contributed by atoms with Gasteiger partial charge in [0.1, 0.15) is 35.4 Å². The molecule has 10 heteroatoms. The number of aliphatic hydroxyl groups is 4. The van der Waals surface area contributed by atoms with Crippen LogP contribution in [0.3, 0.4) is 0 Å². The Kier molecular flexibility index (Phi) is 3.91. The van der Waals surface area contributed by atoms with Gasteiger partial charge in [0.05, 0.1) is 12.2 Å². The van der Waals surface area contributed by atoms with E-state index in [9.17, 15) is 33.6 Å². The molecule has 0 unspecified atom stereocenters. The number of carbonyl (C=O) groups is 1. The van der Waals surface area contributed by atoms with Crippen molar-refractivity contribution in [1.29, 1.82) is 0 Å². The van der Waals surface area contributed by atoms with Crippen LogP contribution < -0.4 is 4.72 Å². The highest BCUT2D eigenvalue weighted by atomic mass is 32.2. The molecule has 1 aromatic carbocycles. The lowest BCUT2D eigenvalue weighted by Crippen LogP contribution is -2.55. The van der Waals surface area contributed by atoms with E-state index >= 15 is 0 Å². The number of ether oxygens (including phenoxy) is 1. The minimum Gasteiger partial charge on any atom is -0.394 e. The standard InChI is InChI=1S/C13H15NO8S/c15-4-7-8(16)9(17)10(18)11(22-7)5-2-1-3-6-12(5)23(20,21)14-13(6)19/h1-3,7-11,15-18H,4H2,(H,14,19)/t7-,8-,9+,10-,11+/m1/s1. The Morgan fingerprint density at radius 3 is 2.48 bits per heavy atom. The Labute approximate surface area is 131 Å². The zero-order valence-corrected chi connectivity index (χ0v) is 12.5. The summed E-state index contributed by atoms with van der Waals surface area (Å²) in [6.45, 7) is -0.638. The molecule has 5 N–H and O–H groups in total. The third-order valence-corrected chi connectivity index (χ3v) is 5.43. The SMILES string of the molecule is O=C1NS(=O)(=O)c2c1cccc2[C@@H]1O[C@H](CO)[C@@H](O)[C@H](O)[C@H]1O. The molecule has 3 rings (SSSR count). The summed E-state index contributed by atoms with van der Waals surface area (Å²) in [6.07, 6.45) is -7.34. The zero-order chi connectivity index (χ0) is 16.9. The molecule has 0 radical (unpaired) electrons. The number of fused-ring (bicyclic) bond motifs is 1. The Bertz CT molecular complexity index is 746. The van der Waals surface area contributed by atoms with Crippen molar-refractivity contribution >= 4 is 15.9 Å². The van der Waals surface area contributed by atoms with Crippen molar-refractivity contribution in [2.45, 2.75) is 35.4 Å². The number of aliphatic hydroxyl groups excluding tert-OH is 4. The lowest BCUT2D eigenvalue weighted by atomic mass is 9.90. The minimum absolute atomic E-state index is 0.0299. The molecule has 0 aliphatic carbocycles. The van der Waals surface area contributed by atoms with Crippen LogP contribution in [-0.2, 0) is 14.8 Å². The highest BCUT2D eigenvalue weighted by Gasteiger charge is 2.47. The molecule has 23 heavy (non-hydrogen) atoms. The summed E-state index contributed by atoms with van der Waals surface area (Å²) in [5.74, 6) is -0.800. The second-order valence-electron chi connectivity index (χ2n) is 5.41. The van der Waals surface area contributed by atoms with Crippen LogP contribution in [0.4, 0.5) is 0 Å². The smallest absolute Gasteiger partial charge is 0.266 e. The molecule has 1 aromatic rings. The van der Waals surface area contributed by atoms with Crippen molar-refractivity contribution in [3.8, 4) is 0 Å². The largest absolute Gasteiger partial charge is 0.394 e. The maximum atomic E-state index is 12.1. The van der Waals surface area contributed by atoms with Crippen LogP contribution in [0.25, 0.3) is 0 Å². The van der Waals surface area contributed by atoms with Gasteiger partial charge in [-0.25, -0.2) is 13.1 Å². The van der Waals surface area contributed by atoms with Gasteiger partial charge in [-0.1, -0.05) is 12.1 Å². The van der Waals surface area contributed by atoms with E-state index < -0.39 is 53.1 Å². The van der Waals surface area contributed by atoms with Gasteiger partial charge in [-0.2, -0.15) is 0 Å². The highest BCUT2D eigenvalue weighted by Crippen LogP contribution is 2.38. The van der Waals surface area contributed by atoms with Crippen LogP contribution in [0.2, 0.25) is 0 Å². The number of sulfonamides is 1. The molecule has 1 amide bonds. The molecular formula is C13H15NO8S. The molecule has 9 nitrogen and oxygen atoms in total. The first kappa shape index (κ1) is 16.3. The van der Waals surface area contributed by atoms with E-state index in [-0.39, 0.29) is 16.0 Å². The van der Waals surface area contributed by atoms with Gasteiger partial charge in [0.25, 0.3) is 15.9 Å². The Morgan fingerprint density at radius 2 is 1.83 bits per heavy atom. The van der Waals surface area contributed by atoms with Gasteiger partial charge in [0.15, 0.2) is 0 Å². The normalized spacial score (nSPS) is 35.7. The van der Waals surface area contributed by atoms with Crippen LogP contribution in [0, 0.1) is 0 Å². The number of carbonyl (C=O) groups excluding carboxylic acids is 1. The first-order valence-electron chi connectivity index (χ1n) is 6.78. The molecule has 0 bridgehead atoms. The molecule has 0 spiro atoms. The van der Waals surface area contributed by atoms with Gasteiger partial charge in [0.2, 0.25) is 0 Å². The summed E-state index contributed by atoms with van der Waals surface area (Å²) < 4.78 is 31.4. The minimum atomic E-state index is -4.11. The molecule has 0 aromatic heterocycles. The topological polar surface area (TPSA) is 153 Å². The van der Waals surface area contributed by atoms with E-state index in [1.165, 1.54) is 18.2 Å². The summed E-state index contributed by atoms with van der Waals surface area (Å²) in [4.78, 5) is 11.4. The molecule has 2 aliphatic heterocycles. The zero-order valence-electron chi connectivity index (χ0n) is 11.7. The maximum absolute atomic E-state index is 12.1. The highest BCUT2D eigenvalue weighted by molar-refractivity contribution is 7.90. The van der Waals surface area contributed by atoms with E-state index in [2.05, 4.69) is 0 Å². The van der Waals surface area contributed by atoms with Gasteiger partial charge < -0.3 is 25.2 Å². The number of hydrogen-bond acceptors (Lipinski definition) is 8. The quantitative estimate of drug-likeness (QED) is 0.399. The fraction of sp³-hybridized carbons (Fsp3) is 0.462. The van der Waals surface area contributed by atoms with Crippen LogP contribution in [-0.4, -0.2) is 65.8 Å². The average Bonchev–Trinajstić information content (AvgIpc) is 2.75. The van der Waals surface area contributed by atoms with Crippen molar-refractivity contribution in [1.82, 2.24) is 4.72 Å². The lowest BCUT2D eigenvalue weighted by molar-refractivity contribution is -0.232. The van der Waals surface area contributed by atoms with Gasteiger partial charge in [-0.3, -0.25) is 4.79 Å². The van der Waals surface area contributed by atoms with E-state index in [0.717, 1.165) is 0 Å². The van der Waals surface area contributed by atoms with Crippen molar-refractivity contribution < 1.29 is 38.4 Å². The first-order valence-corrected chi connectivity index (χ1v) is 8.27. The number of amides is 1. The molecule has 1 saturated heterocycles. The molecular weight excluding hydrogens is 330 g/mol. The van der Waals surface area contributed by atoms with Crippen LogP contribution >= 0.6 is 0 Å². The number of rotatable bonds is 2. The fourth-order valence-electron chi connectivity index (χ4n) is 2.84. The maximum Gasteiger partial charge on any atom is 0.266 e. The molecule has 2 heterocycles. The van der Waals surface area contributed by atoms with Crippen molar-refractivity contribution in [3.05, 3.63) is 29.3 Å². The number of nitrogens with one attached hydrogen (secondary N) is 1. The van der Waals surface area contributed by atoms with Gasteiger partial charge in [0, 0.05) is 5.56 Å². The predicted octanol–water partition coefficient (Wildman–Crippen LogP) is -2.37. The van der Waals surface area contributed by atoms with Crippen molar-refractivity contribution in [2.75, 3.05) is 6.61 Å². The third kappa shape index (κ3) is 2.43. The first-order chi connectivity index (χ1) is 10.8. The lowest BCUT2D eigenvalue weighted by Gasteiger charge is -2.40. The fourth-order valence-corrected chi connectivity index (χ4v) is 4.25. The average molecular weight is 345 g/mol. The second kappa shape index (κ2) is 5.51. The van der Waals surface area contributed by atoms with E-state index in [1.807, 2.05) is 4.72 Å². The Hall–Kier alpha value is -1.56.